The van der Waals surface area contributed by atoms with Gasteiger partial charge in [0, 0.05) is 36.5 Å². The second kappa shape index (κ2) is 15.1. The van der Waals surface area contributed by atoms with E-state index >= 15 is 0 Å². The van der Waals surface area contributed by atoms with E-state index in [1.807, 2.05) is 24.8 Å². The number of hydrogen-bond donors (Lipinski definition) is 3. The maximum atomic E-state index is 13.5. The summed E-state index contributed by atoms with van der Waals surface area (Å²) in [5.41, 5.74) is 7.80. The number of rotatable bonds is 10. The molecule has 0 radical (unpaired) electrons. The van der Waals surface area contributed by atoms with E-state index in [1.165, 1.54) is 17.7 Å². The minimum atomic E-state index is -0.357. The van der Waals surface area contributed by atoms with Crippen molar-refractivity contribution < 1.29 is 14.3 Å². The quantitative estimate of drug-likeness (QED) is 0.368. The first-order valence-electron chi connectivity index (χ1n) is 14.1. The van der Waals surface area contributed by atoms with E-state index in [-0.39, 0.29) is 18.1 Å². The van der Waals surface area contributed by atoms with E-state index < -0.39 is 0 Å². The number of amidine groups is 1. The van der Waals surface area contributed by atoms with Gasteiger partial charge in [-0.2, -0.15) is 0 Å². The van der Waals surface area contributed by atoms with Crippen molar-refractivity contribution in [3.05, 3.63) is 21.4 Å². The fourth-order valence-electron chi connectivity index (χ4n) is 4.77. The average Bonchev–Trinajstić information content (AvgIpc) is 3.16. The molecule has 0 aromatic carbocycles. The largest absolute Gasteiger partial charge is 0.446 e. The van der Waals surface area contributed by atoms with Gasteiger partial charge in [0.05, 0.1) is 10.6 Å². The minimum Gasteiger partial charge on any atom is -0.446 e. The molecule has 206 valence electrons. The van der Waals surface area contributed by atoms with Crippen LogP contribution in [-0.4, -0.2) is 61.6 Å². The molecule has 2 aliphatic heterocycles. The molecule has 3 aliphatic rings. The lowest BCUT2D eigenvalue weighted by Gasteiger charge is -2.25. The molecule has 0 atom stereocenters. The van der Waals surface area contributed by atoms with Gasteiger partial charge in [-0.25, -0.2) is 9.79 Å². The Morgan fingerprint density at radius 2 is 1.97 bits per heavy atom. The number of carbonyl (C=O) groups excluding carboxylic acids is 2. The molecule has 37 heavy (non-hydrogen) atoms. The molecule has 1 saturated carbocycles. The molecule has 1 saturated heterocycles. The van der Waals surface area contributed by atoms with Gasteiger partial charge in [0.25, 0.3) is 0 Å². The normalized spacial score (nSPS) is 17.7. The van der Waals surface area contributed by atoms with Crippen molar-refractivity contribution in [2.24, 2.45) is 16.6 Å². The van der Waals surface area contributed by atoms with Crippen LogP contribution in [0.1, 0.15) is 81.9 Å². The Kier molecular flexibility index (Phi) is 11.9. The van der Waals surface area contributed by atoms with E-state index in [1.54, 1.807) is 11.3 Å². The first kappa shape index (κ1) is 29.2. The summed E-state index contributed by atoms with van der Waals surface area (Å²) in [7, 11) is 0. The van der Waals surface area contributed by atoms with Gasteiger partial charge < -0.3 is 26.0 Å². The molecule has 9 heteroatoms. The molecule has 3 heterocycles. The van der Waals surface area contributed by atoms with Gasteiger partial charge in [-0.05, 0) is 82.5 Å². The monoisotopic (exact) mass is 531 g/mol. The van der Waals surface area contributed by atoms with Crippen LogP contribution < -0.4 is 16.4 Å². The topological polar surface area (TPSA) is 109 Å². The van der Waals surface area contributed by atoms with Crippen molar-refractivity contribution in [3.63, 3.8) is 0 Å². The zero-order valence-corrected chi connectivity index (χ0v) is 23.6. The van der Waals surface area contributed by atoms with Gasteiger partial charge >= 0.3 is 6.09 Å². The summed E-state index contributed by atoms with van der Waals surface area (Å²) < 4.78 is 5.32. The summed E-state index contributed by atoms with van der Waals surface area (Å²) in [6, 6.07) is 2.15. The number of alkyl carbamates (subject to hydrolysis) is 1. The number of amides is 2. The number of carbonyl (C=O) groups is 2. The van der Waals surface area contributed by atoms with Crippen molar-refractivity contribution in [2.45, 2.75) is 84.7 Å². The molecule has 0 unspecified atom stereocenters. The number of fused-ring (bicyclic) bond motifs is 1. The molecular weight excluding hydrogens is 486 g/mol. The van der Waals surface area contributed by atoms with Gasteiger partial charge in [-0.15, -0.1) is 11.3 Å². The zero-order chi connectivity index (χ0) is 26.6. The summed E-state index contributed by atoms with van der Waals surface area (Å²) >= 11 is 1.74. The molecule has 8 nitrogen and oxygen atoms in total. The SMILES string of the molecule is CC.CCCN(CCCNC(=O)OC1CCC1)C(=O)C1=Cc2sc(CC3CCNCC3)cc2N=C(N)C1. The number of piperidine rings is 1. The standard InChI is InChI=1S/C26H39N5O3S.C2H6/c1-2-12-31(13-4-9-29-26(33)34-20-5-3-6-20)25(32)19-15-23-22(30-24(27)16-19)17-21(35-23)14-18-7-10-28-11-8-18;1-2/h15,17-18,20,28H,2-14,16H2,1H3,(H2,27,30)(H,29,33);1-2H3. The van der Waals surface area contributed by atoms with Crippen molar-refractivity contribution in [2.75, 3.05) is 32.7 Å². The third kappa shape index (κ3) is 8.85. The zero-order valence-electron chi connectivity index (χ0n) is 22.8. The second-order valence-corrected chi connectivity index (χ2v) is 11.0. The van der Waals surface area contributed by atoms with E-state index in [0.29, 0.717) is 49.8 Å². The van der Waals surface area contributed by atoms with Crippen LogP contribution in [0.5, 0.6) is 0 Å². The first-order chi connectivity index (χ1) is 18.0. The lowest BCUT2D eigenvalue weighted by Crippen LogP contribution is -2.37. The number of ether oxygens (including phenoxy) is 1. The smallest absolute Gasteiger partial charge is 0.407 e. The highest BCUT2D eigenvalue weighted by atomic mass is 32.1. The molecule has 1 aromatic heterocycles. The summed E-state index contributed by atoms with van der Waals surface area (Å²) in [6.07, 6.45) is 10.1. The van der Waals surface area contributed by atoms with Crippen LogP contribution in [0.4, 0.5) is 10.5 Å². The Morgan fingerprint density at radius 3 is 2.65 bits per heavy atom. The number of nitrogens with one attached hydrogen (secondary N) is 2. The van der Waals surface area contributed by atoms with E-state index in [2.05, 4.69) is 28.6 Å². The highest BCUT2D eigenvalue weighted by Gasteiger charge is 2.24. The van der Waals surface area contributed by atoms with Crippen molar-refractivity contribution in [1.29, 1.82) is 0 Å². The Balaban J connectivity index is 0.00000186. The Labute approximate surface area is 226 Å². The van der Waals surface area contributed by atoms with Gasteiger partial charge in [0.1, 0.15) is 11.9 Å². The van der Waals surface area contributed by atoms with E-state index in [4.69, 9.17) is 10.5 Å². The first-order valence-corrected chi connectivity index (χ1v) is 14.9. The van der Waals surface area contributed by atoms with Crippen LogP contribution in [0.3, 0.4) is 0 Å². The molecule has 0 bridgehead atoms. The number of nitrogens with two attached hydrogens (primary N) is 1. The molecule has 0 spiro atoms. The van der Waals surface area contributed by atoms with Crippen LogP contribution >= 0.6 is 11.3 Å². The molecular formula is C28H45N5O3S. The summed E-state index contributed by atoms with van der Waals surface area (Å²) in [4.78, 5) is 34.2. The molecule has 4 N–H and O–H groups in total. The van der Waals surface area contributed by atoms with Crippen molar-refractivity contribution in [1.82, 2.24) is 15.5 Å². The van der Waals surface area contributed by atoms with Crippen LogP contribution in [-0.2, 0) is 16.0 Å². The lowest BCUT2D eigenvalue weighted by atomic mass is 9.94. The lowest BCUT2D eigenvalue weighted by molar-refractivity contribution is -0.127. The number of nitrogens with zero attached hydrogens (tertiary/aromatic N) is 2. The van der Waals surface area contributed by atoms with Crippen molar-refractivity contribution in [3.8, 4) is 0 Å². The Morgan fingerprint density at radius 1 is 1.22 bits per heavy atom. The van der Waals surface area contributed by atoms with Crippen LogP contribution in [0, 0.1) is 5.92 Å². The Bertz CT molecular complexity index is 948. The van der Waals surface area contributed by atoms with E-state index in [9.17, 15) is 9.59 Å². The number of aliphatic imine (C=N–C) groups is 1. The minimum absolute atomic E-state index is 0.00296. The summed E-state index contributed by atoms with van der Waals surface area (Å²) in [6.45, 7) is 9.96. The third-order valence-corrected chi connectivity index (χ3v) is 8.03. The van der Waals surface area contributed by atoms with Gasteiger partial charge in [0.15, 0.2) is 0 Å². The molecule has 1 aromatic rings. The van der Waals surface area contributed by atoms with Crippen LogP contribution in [0.25, 0.3) is 6.08 Å². The maximum Gasteiger partial charge on any atom is 0.407 e. The molecule has 2 fully saturated rings. The summed E-state index contributed by atoms with van der Waals surface area (Å²) in [5.74, 6) is 1.18. The van der Waals surface area contributed by atoms with Crippen LogP contribution in [0.2, 0.25) is 0 Å². The fourth-order valence-corrected chi connectivity index (χ4v) is 5.96. The Hall–Kier alpha value is -2.39. The summed E-state index contributed by atoms with van der Waals surface area (Å²) in [5, 5.41) is 6.23. The average molecular weight is 532 g/mol. The maximum absolute atomic E-state index is 13.5. The van der Waals surface area contributed by atoms with Crippen LogP contribution in [0.15, 0.2) is 16.6 Å². The predicted molar refractivity (Wildman–Crippen MR) is 152 cm³/mol. The van der Waals surface area contributed by atoms with Gasteiger partial charge in [-0.1, -0.05) is 20.8 Å². The van der Waals surface area contributed by atoms with Crippen molar-refractivity contribution >= 4 is 40.9 Å². The second-order valence-electron chi connectivity index (χ2n) is 9.84. The molecule has 4 rings (SSSR count). The highest BCUT2D eigenvalue weighted by molar-refractivity contribution is 7.13. The fraction of sp³-hybridized carbons (Fsp3) is 0.679. The molecule has 2 amide bonds. The number of hydrogen-bond acceptors (Lipinski definition) is 7. The van der Waals surface area contributed by atoms with E-state index in [0.717, 1.165) is 55.8 Å². The number of thiophene rings is 1. The van der Waals surface area contributed by atoms with Gasteiger partial charge in [0.2, 0.25) is 5.91 Å². The van der Waals surface area contributed by atoms with Gasteiger partial charge in [-0.3, -0.25) is 4.79 Å². The predicted octanol–water partition coefficient (Wildman–Crippen LogP) is 5.00. The molecule has 1 aliphatic carbocycles. The third-order valence-electron chi connectivity index (χ3n) is 6.94. The highest BCUT2D eigenvalue weighted by Crippen LogP contribution is 2.36.